The van der Waals surface area contributed by atoms with Crippen molar-refractivity contribution in [3.8, 4) is 11.3 Å². The first-order valence-corrected chi connectivity index (χ1v) is 13.9. The minimum Gasteiger partial charge on any atom is -0.346 e. The van der Waals surface area contributed by atoms with Gasteiger partial charge in [0.05, 0.1) is 23.4 Å². The zero-order chi connectivity index (χ0) is 25.8. The maximum atomic E-state index is 13.4. The summed E-state index contributed by atoms with van der Waals surface area (Å²) < 4.78 is 0. The zero-order valence-corrected chi connectivity index (χ0v) is 22.1. The van der Waals surface area contributed by atoms with Crippen LogP contribution >= 0.6 is 0 Å². The van der Waals surface area contributed by atoms with Crippen molar-refractivity contribution >= 4 is 22.6 Å². The summed E-state index contributed by atoms with van der Waals surface area (Å²) in [6.45, 7) is 4.07. The Morgan fingerprint density at radius 2 is 1.95 bits per heavy atom. The quantitative estimate of drug-likeness (QED) is 0.341. The Kier molecular flexibility index (Phi) is 7.70. The van der Waals surface area contributed by atoms with Gasteiger partial charge in [-0.1, -0.05) is 38.0 Å². The van der Waals surface area contributed by atoms with Gasteiger partial charge in [-0.2, -0.15) is 0 Å². The molecule has 1 saturated heterocycles. The molecule has 2 N–H and O–H groups in total. The molecule has 196 valence electrons. The highest BCUT2D eigenvalue weighted by molar-refractivity contribution is 5.84. The maximum Gasteiger partial charge on any atom is 0.224 e. The molecule has 1 saturated carbocycles. The van der Waals surface area contributed by atoms with Crippen molar-refractivity contribution in [2.24, 2.45) is 11.3 Å². The van der Waals surface area contributed by atoms with Gasteiger partial charge in [0.25, 0.3) is 0 Å². The highest BCUT2D eigenvalue weighted by Gasteiger charge is 2.58. The van der Waals surface area contributed by atoms with Crippen molar-refractivity contribution < 1.29 is 9.59 Å². The van der Waals surface area contributed by atoms with Crippen LogP contribution in [0.5, 0.6) is 0 Å². The highest BCUT2D eigenvalue weighted by Crippen LogP contribution is 2.59. The third-order valence-electron chi connectivity index (χ3n) is 8.48. The van der Waals surface area contributed by atoms with E-state index in [1.807, 2.05) is 37.5 Å². The normalized spacial score (nSPS) is 19.7. The number of aromatic amines is 1. The molecule has 3 heterocycles. The largest absolute Gasteiger partial charge is 0.346 e. The van der Waals surface area contributed by atoms with Gasteiger partial charge in [-0.15, -0.1) is 0 Å². The molecule has 5 rings (SSSR count). The number of imidazole rings is 1. The van der Waals surface area contributed by atoms with Crippen molar-refractivity contribution in [2.75, 3.05) is 20.1 Å². The van der Waals surface area contributed by atoms with E-state index in [2.05, 4.69) is 39.4 Å². The molecule has 1 amide bonds. The number of likely N-dealkylation sites (tertiary alicyclic amines) is 1. The molecule has 1 aliphatic carbocycles. The number of para-hydroxylation sites is 1. The second kappa shape index (κ2) is 11.1. The third kappa shape index (κ3) is 5.93. The topological polar surface area (TPSA) is 91.0 Å². The lowest BCUT2D eigenvalue weighted by molar-refractivity contribution is -0.124. The van der Waals surface area contributed by atoms with E-state index in [9.17, 15) is 9.59 Å². The maximum absolute atomic E-state index is 13.4. The first-order chi connectivity index (χ1) is 18.0. The molecule has 0 bridgehead atoms. The molecule has 1 spiro atoms. The summed E-state index contributed by atoms with van der Waals surface area (Å²) in [6.07, 6.45) is 11.8. The summed E-state index contributed by atoms with van der Waals surface area (Å²) >= 11 is 0. The smallest absolute Gasteiger partial charge is 0.224 e. The number of nitrogens with one attached hydrogen (secondary N) is 2. The van der Waals surface area contributed by atoms with Crippen LogP contribution in [0.1, 0.15) is 76.6 Å². The molecular weight excluding hydrogens is 462 g/mol. The van der Waals surface area contributed by atoms with Crippen LogP contribution in [0.4, 0.5) is 0 Å². The molecule has 2 fully saturated rings. The molecule has 3 aromatic rings. The van der Waals surface area contributed by atoms with Gasteiger partial charge in [0.1, 0.15) is 11.6 Å². The Balaban J connectivity index is 1.27. The number of rotatable bonds is 11. The predicted molar refractivity (Wildman–Crippen MR) is 146 cm³/mol. The van der Waals surface area contributed by atoms with Gasteiger partial charge in [0, 0.05) is 35.9 Å². The number of ketones is 1. The number of hydrogen-bond acceptors (Lipinski definition) is 5. The number of unbranched alkanes of at least 4 members (excludes halogenated alkanes) is 2. The minimum absolute atomic E-state index is 0.116. The van der Waals surface area contributed by atoms with Gasteiger partial charge in [-0.3, -0.25) is 14.6 Å². The molecule has 2 aliphatic rings. The Morgan fingerprint density at radius 3 is 2.76 bits per heavy atom. The summed E-state index contributed by atoms with van der Waals surface area (Å²) in [6, 6.07) is 10.0. The number of fused-ring (bicyclic) bond motifs is 1. The van der Waals surface area contributed by atoms with Crippen molar-refractivity contribution in [3.63, 3.8) is 0 Å². The number of nitrogens with zero attached hydrogens (tertiary/aromatic N) is 3. The number of piperidine rings is 1. The predicted octanol–water partition coefficient (Wildman–Crippen LogP) is 5.44. The minimum atomic E-state index is -0.166. The summed E-state index contributed by atoms with van der Waals surface area (Å²) in [5.41, 5.74) is 3.05. The Hall–Kier alpha value is -3.06. The molecule has 2 atom stereocenters. The van der Waals surface area contributed by atoms with Gasteiger partial charge >= 0.3 is 0 Å². The molecule has 0 radical (unpaired) electrons. The molecule has 7 heteroatoms. The van der Waals surface area contributed by atoms with Crippen LogP contribution < -0.4 is 5.32 Å². The summed E-state index contributed by atoms with van der Waals surface area (Å²) in [5, 5.41) is 4.44. The molecule has 1 aliphatic heterocycles. The Labute approximate surface area is 219 Å². The lowest BCUT2D eigenvalue weighted by Crippen LogP contribution is -2.36. The average molecular weight is 502 g/mol. The van der Waals surface area contributed by atoms with Crippen LogP contribution in [0, 0.1) is 11.3 Å². The van der Waals surface area contributed by atoms with Crippen molar-refractivity contribution in [1.82, 2.24) is 25.2 Å². The van der Waals surface area contributed by atoms with Crippen LogP contribution in [0.2, 0.25) is 0 Å². The number of pyridine rings is 1. The fourth-order valence-electron chi connectivity index (χ4n) is 5.79. The van der Waals surface area contributed by atoms with Crippen LogP contribution in [0.3, 0.4) is 0 Å². The number of benzene rings is 1. The SMILES string of the molecule is CCC(=O)CCCCC[C@H](NC(=O)[C@H]1CC12CCN(C)CC2)c1ncc(-c2cnc3ccccc3c2)[nH]1. The van der Waals surface area contributed by atoms with E-state index in [-0.39, 0.29) is 23.3 Å². The summed E-state index contributed by atoms with van der Waals surface area (Å²) in [7, 11) is 2.16. The lowest BCUT2D eigenvalue weighted by Gasteiger charge is -2.30. The molecule has 2 aromatic heterocycles. The van der Waals surface area contributed by atoms with E-state index in [0.717, 1.165) is 86.0 Å². The van der Waals surface area contributed by atoms with Gasteiger partial charge < -0.3 is 15.2 Å². The Bertz CT molecular complexity index is 1240. The monoisotopic (exact) mass is 501 g/mol. The van der Waals surface area contributed by atoms with Crippen molar-refractivity contribution in [1.29, 1.82) is 0 Å². The van der Waals surface area contributed by atoms with Gasteiger partial charge in [-0.05, 0) is 69.8 Å². The van der Waals surface area contributed by atoms with Crippen LogP contribution in [-0.2, 0) is 9.59 Å². The number of hydrogen-bond donors (Lipinski definition) is 2. The van der Waals surface area contributed by atoms with E-state index in [4.69, 9.17) is 4.98 Å². The Morgan fingerprint density at radius 1 is 1.14 bits per heavy atom. The fraction of sp³-hybridized carbons (Fsp3) is 0.533. The van der Waals surface area contributed by atoms with E-state index < -0.39 is 0 Å². The van der Waals surface area contributed by atoms with E-state index in [0.29, 0.717) is 18.6 Å². The summed E-state index contributed by atoms with van der Waals surface area (Å²) in [4.78, 5) is 40.2. The van der Waals surface area contributed by atoms with Gasteiger partial charge in [-0.25, -0.2) is 4.98 Å². The lowest BCUT2D eigenvalue weighted by atomic mass is 9.91. The molecule has 0 unspecified atom stereocenters. The number of carbonyl (C=O) groups excluding carboxylic acids is 2. The van der Waals surface area contributed by atoms with Gasteiger partial charge in [0.15, 0.2) is 0 Å². The zero-order valence-electron chi connectivity index (χ0n) is 22.1. The number of carbonyl (C=O) groups is 2. The third-order valence-corrected chi connectivity index (χ3v) is 8.48. The highest BCUT2D eigenvalue weighted by atomic mass is 16.2. The van der Waals surface area contributed by atoms with E-state index in [1.54, 1.807) is 0 Å². The number of aromatic nitrogens is 3. The van der Waals surface area contributed by atoms with E-state index in [1.165, 1.54) is 0 Å². The fourth-order valence-corrected chi connectivity index (χ4v) is 5.79. The second-order valence-electron chi connectivity index (χ2n) is 11.1. The molecule has 7 nitrogen and oxygen atoms in total. The summed E-state index contributed by atoms with van der Waals surface area (Å²) in [5.74, 6) is 1.40. The first kappa shape index (κ1) is 25.6. The molecule has 37 heavy (non-hydrogen) atoms. The average Bonchev–Trinajstić information content (AvgIpc) is 3.40. The van der Waals surface area contributed by atoms with Crippen LogP contribution in [0.25, 0.3) is 22.2 Å². The number of Topliss-reactive ketones (excluding diaryl/α,β-unsaturated/α-hetero) is 1. The van der Waals surface area contributed by atoms with Gasteiger partial charge in [0.2, 0.25) is 5.91 Å². The molecular formula is C30H39N5O2. The van der Waals surface area contributed by atoms with Crippen LogP contribution in [-0.4, -0.2) is 51.7 Å². The molecule has 1 aromatic carbocycles. The number of H-pyrrole nitrogens is 1. The van der Waals surface area contributed by atoms with Crippen LogP contribution in [0.15, 0.2) is 42.7 Å². The second-order valence-corrected chi connectivity index (χ2v) is 11.1. The standard InChI is InChI=1S/C30H39N5O2/c1-3-23(36)10-5-4-6-12-26(34-29(37)24-18-30(24)13-15-35(2)16-14-30)28-32-20-27(33-28)22-17-21-9-7-8-11-25(21)31-19-22/h7-9,11,17,19-20,24,26H,3-6,10,12-16,18H2,1-2H3,(H,32,33)(H,34,37)/t24-,26+/m1/s1. The van der Waals surface area contributed by atoms with E-state index >= 15 is 0 Å². The van der Waals surface area contributed by atoms with Crippen molar-refractivity contribution in [2.45, 2.75) is 70.8 Å². The van der Waals surface area contributed by atoms with Crippen molar-refractivity contribution in [3.05, 3.63) is 48.5 Å². The number of amides is 1. The first-order valence-electron chi connectivity index (χ1n) is 13.9.